The minimum Gasteiger partial charge on any atom is -0.366 e. The van der Waals surface area contributed by atoms with Crippen LogP contribution in [0.1, 0.15) is 15.9 Å². The Morgan fingerprint density at radius 3 is 1.82 bits per heavy atom. The molecule has 1 amide bonds. The highest BCUT2D eigenvalue weighted by molar-refractivity contribution is 5.93. The summed E-state index contributed by atoms with van der Waals surface area (Å²) < 4.78 is 0. The zero-order chi connectivity index (χ0) is 12.3. The quantitative estimate of drug-likeness (QED) is 0.777. The van der Waals surface area contributed by atoms with Crippen molar-refractivity contribution in [2.75, 3.05) is 0 Å². The normalized spacial score (nSPS) is 9.59. The molecule has 2 aromatic rings. The molecule has 0 fully saturated rings. The Kier molecular flexibility index (Phi) is 2.93. The second-order valence-corrected chi connectivity index (χ2v) is 3.66. The van der Waals surface area contributed by atoms with E-state index in [1.807, 2.05) is 36.4 Å². The molecule has 2 N–H and O–H groups in total. The number of carbonyl (C=O) groups is 1. The van der Waals surface area contributed by atoms with Crippen molar-refractivity contribution in [2.45, 2.75) is 0 Å². The van der Waals surface area contributed by atoms with Gasteiger partial charge in [-0.3, -0.25) is 4.79 Å². The van der Waals surface area contributed by atoms with Gasteiger partial charge in [-0.2, -0.15) is 0 Å². The van der Waals surface area contributed by atoms with Crippen molar-refractivity contribution in [2.24, 2.45) is 5.73 Å². The van der Waals surface area contributed by atoms with E-state index in [0.717, 1.165) is 16.7 Å². The van der Waals surface area contributed by atoms with E-state index >= 15 is 0 Å². The van der Waals surface area contributed by atoms with Crippen LogP contribution in [0.3, 0.4) is 0 Å². The lowest BCUT2D eigenvalue weighted by atomic mass is 10.0. The highest BCUT2D eigenvalue weighted by Crippen LogP contribution is 2.20. The molecule has 0 saturated heterocycles. The Bertz CT molecular complexity index is 574. The first-order valence-corrected chi connectivity index (χ1v) is 5.17. The zero-order valence-corrected chi connectivity index (χ0v) is 9.18. The van der Waals surface area contributed by atoms with Crippen LogP contribution in [-0.2, 0) is 0 Å². The molecule has 0 bridgehead atoms. The van der Waals surface area contributed by atoms with Crippen LogP contribution in [0.5, 0.6) is 0 Å². The maximum absolute atomic E-state index is 10.9. The van der Waals surface area contributed by atoms with Crippen LogP contribution in [0, 0.1) is 12.3 Å². The molecule has 0 unspecified atom stereocenters. The summed E-state index contributed by atoms with van der Waals surface area (Å²) in [5.41, 5.74) is 8.62. The average molecular weight is 221 g/mol. The van der Waals surface area contributed by atoms with Crippen molar-refractivity contribution in [3.8, 4) is 23.5 Å². The highest BCUT2D eigenvalue weighted by atomic mass is 16.1. The minimum atomic E-state index is -0.417. The maximum atomic E-state index is 10.9. The van der Waals surface area contributed by atoms with Crippen molar-refractivity contribution < 1.29 is 4.79 Å². The lowest BCUT2D eigenvalue weighted by molar-refractivity contribution is 0.100. The molecule has 0 atom stereocenters. The van der Waals surface area contributed by atoms with Gasteiger partial charge in [0.2, 0.25) is 5.91 Å². The number of benzene rings is 2. The van der Waals surface area contributed by atoms with Gasteiger partial charge >= 0.3 is 0 Å². The van der Waals surface area contributed by atoms with E-state index in [2.05, 4.69) is 5.92 Å². The van der Waals surface area contributed by atoms with Gasteiger partial charge in [0.05, 0.1) is 0 Å². The van der Waals surface area contributed by atoms with Crippen molar-refractivity contribution in [1.29, 1.82) is 0 Å². The summed E-state index contributed by atoms with van der Waals surface area (Å²) in [5.74, 6) is 2.15. The molecule has 82 valence electrons. The van der Waals surface area contributed by atoms with Crippen molar-refractivity contribution in [3.63, 3.8) is 0 Å². The van der Waals surface area contributed by atoms with Crippen LogP contribution >= 0.6 is 0 Å². The van der Waals surface area contributed by atoms with Crippen LogP contribution in [0.4, 0.5) is 0 Å². The largest absolute Gasteiger partial charge is 0.366 e. The zero-order valence-electron chi connectivity index (χ0n) is 9.18. The molecule has 0 saturated carbocycles. The second-order valence-electron chi connectivity index (χ2n) is 3.66. The number of hydrogen-bond donors (Lipinski definition) is 1. The van der Waals surface area contributed by atoms with E-state index < -0.39 is 5.91 Å². The second kappa shape index (κ2) is 4.54. The van der Waals surface area contributed by atoms with Gasteiger partial charge in [-0.1, -0.05) is 30.2 Å². The van der Waals surface area contributed by atoms with Gasteiger partial charge in [-0.05, 0) is 35.4 Å². The number of terminal acetylenes is 1. The molecule has 2 nitrogen and oxygen atoms in total. The van der Waals surface area contributed by atoms with Crippen molar-refractivity contribution >= 4 is 5.91 Å². The molecule has 2 aromatic carbocycles. The third kappa shape index (κ3) is 2.35. The molecule has 0 aromatic heterocycles. The third-order valence-corrected chi connectivity index (χ3v) is 2.55. The fourth-order valence-corrected chi connectivity index (χ4v) is 1.59. The maximum Gasteiger partial charge on any atom is 0.248 e. The molecular formula is C15H11NO. The van der Waals surface area contributed by atoms with Gasteiger partial charge in [0.15, 0.2) is 0 Å². The first-order chi connectivity index (χ1) is 8.20. The van der Waals surface area contributed by atoms with Gasteiger partial charge in [-0.15, -0.1) is 6.42 Å². The van der Waals surface area contributed by atoms with Gasteiger partial charge in [-0.25, -0.2) is 0 Å². The summed E-state index contributed by atoms with van der Waals surface area (Å²) in [5, 5.41) is 0. The first-order valence-electron chi connectivity index (χ1n) is 5.17. The minimum absolute atomic E-state index is 0.417. The van der Waals surface area contributed by atoms with Crippen LogP contribution in [-0.4, -0.2) is 5.91 Å². The Morgan fingerprint density at radius 1 is 0.941 bits per heavy atom. The summed E-state index contributed by atoms with van der Waals surface area (Å²) in [6, 6.07) is 14.8. The van der Waals surface area contributed by atoms with E-state index in [1.54, 1.807) is 12.1 Å². The number of nitrogens with two attached hydrogens (primary N) is 1. The van der Waals surface area contributed by atoms with Gasteiger partial charge in [0.25, 0.3) is 0 Å². The number of hydrogen-bond acceptors (Lipinski definition) is 1. The van der Waals surface area contributed by atoms with Gasteiger partial charge in [0.1, 0.15) is 0 Å². The number of carbonyl (C=O) groups excluding carboxylic acids is 1. The lowest BCUT2D eigenvalue weighted by Crippen LogP contribution is -2.10. The van der Waals surface area contributed by atoms with E-state index in [4.69, 9.17) is 12.2 Å². The van der Waals surface area contributed by atoms with Crippen LogP contribution < -0.4 is 5.73 Å². The number of amides is 1. The van der Waals surface area contributed by atoms with E-state index in [-0.39, 0.29) is 0 Å². The molecule has 0 aliphatic carbocycles. The predicted octanol–water partition coefficient (Wildman–Crippen LogP) is 2.43. The molecule has 0 heterocycles. The fourth-order valence-electron chi connectivity index (χ4n) is 1.59. The summed E-state index contributed by atoms with van der Waals surface area (Å²) >= 11 is 0. The van der Waals surface area contributed by atoms with Gasteiger partial charge in [0, 0.05) is 11.1 Å². The van der Waals surface area contributed by atoms with E-state index in [9.17, 15) is 4.79 Å². The highest BCUT2D eigenvalue weighted by Gasteiger charge is 2.01. The molecular weight excluding hydrogens is 210 g/mol. The Hall–Kier alpha value is -2.53. The molecule has 0 aliphatic heterocycles. The lowest BCUT2D eigenvalue weighted by Gasteiger charge is -2.02. The van der Waals surface area contributed by atoms with Crippen LogP contribution in [0.15, 0.2) is 48.5 Å². The Labute approximate surface area is 100 Å². The average Bonchev–Trinajstić information content (AvgIpc) is 2.39. The Morgan fingerprint density at radius 2 is 1.41 bits per heavy atom. The summed E-state index contributed by atoms with van der Waals surface area (Å²) in [7, 11) is 0. The van der Waals surface area contributed by atoms with Crippen LogP contribution in [0.2, 0.25) is 0 Å². The smallest absolute Gasteiger partial charge is 0.248 e. The van der Waals surface area contributed by atoms with Crippen LogP contribution in [0.25, 0.3) is 11.1 Å². The fraction of sp³-hybridized carbons (Fsp3) is 0. The van der Waals surface area contributed by atoms with E-state index in [0.29, 0.717) is 5.56 Å². The number of primary amides is 1. The molecule has 0 aliphatic rings. The van der Waals surface area contributed by atoms with Gasteiger partial charge < -0.3 is 5.73 Å². The molecule has 2 rings (SSSR count). The summed E-state index contributed by atoms with van der Waals surface area (Å²) in [6.45, 7) is 0. The molecule has 2 heteroatoms. The summed E-state index contributed by atoms with van der Waals surface area (Å²) in [6.07, 6.45) is 5.29. The molecule has 17 heavy (non-hydrogen) atoms. The first kappa shape index (κ1) is 11.0. The Balaban J connectivity index is 2.33. The number of rotatable bonds is 2. The summed E-state index contributed by atoms with van der Waals surface area (Å²) in [4.78, 5) is 10.9. The molecule has 0 spiro atoms. The topological polar surface area (TPSA) is 43.1 Å². The van der Waals surface area contributed by atoms with Crippen molar-refractivity contribution in [1.82, 2.24) is 0 Å². The van der Waals surface area contributed by atoms with E-state index in [1.165, 1.54) is 0 Å². The SMILES string of the molecule is C#Cc1ccc(-c2ccc(C(N)=O)cc2)cc1. The standard InChI is InChI=1S/C15H11NO/c1-2-11-3-5-12(6-4-11)13-7-9-14(10-8-13)15(16)17/h1,3-10H,(H2,16,17). The third-order valence-electron chi connectivity index (χ3n) is 2.55. The molecule has 0 radical (unpaired) electrons. The monoisotopic (exact) mass is 221 g/mol. The predicted molar refractivity (Wildman–Crippen MR) is 68.3 cm³/mol. The van der Waals surface area contributed by atoms with Crippen molar-refractivity contribution in [3.05, 3.63) is 59.7 Å².